The van der Waals surface area contributed by atoms with Crippen molar-refractivity contribution in [1.29, 1.82) is 0 Å². The molecular weight excluding hydrogens is 265 g/mol. The summed E-state index contributed by atoms with van der Waals surface area (Å²) >= 11 is 1.76. The molecule has 0 unspecified atom stereocenters. The van der Waals surface area contributed by atoms with E-state index in [-0.39, 0.29) is 11.7 Å². The first-order chi connectivity index (χ1) is 9.10. The lowest BCUT2D eigenvalue weighted by molar-refractivity contribution is -0.140. The predicted molar refractivity (Wildman–Crippen MR) is 74.6 cm³/mol. The van der Waals surface area contributed by atoms with Gasteiger partial charge in [-0.15, -0.1) is 0 Å². The summed E-state index contributed by atoms with van der Waals surface area (Å²) in [7, 11) is 0. The molecule has 1 aliphatic heterocycles. The Bertz CT molecular complexity index is 447. The van der Waals surface area contributed by atoms with Crippen molar-refractivity contribution in [3.63, 3.8) is 0 Å². The summed E-state index contributed by atoms with van der Waals surface area (Å²) < 4.78 is 13.0. The number of aliphatic hydroxyl groups is 1. The third-order valence-corrected chi connectivity index (χ3v) is 4.32. The van der Waals surface area contributed by atoms with Crippen LogP contribution < -0.4 is 5.32 Å². The number of benzene rings is 1. The first kappa shape index (κ1) is 14.3. The van der Waals surface area contributed by atoms with E-state index < -0.39 is 5.60 Å². The number of amides is 1. The molecule has 104 valence electrons. The molecule has 1 aromatic carbocycles. The molecule has 2 N–H and O–H groups in total. The van der Waals surface area contributed by atoms with E-state index in [1.807, 2.05) is 6.07 Å². The highest BCUT2D eigenvalue weighted by Gasteiger charge is 2.36. The number of nitrogens with one attached hydrogen (secondary N) is 1. The van der Waals surface area contributed by atoms with Gasteiger partial charge in [0.05, 0.1) is 0 Å². The maximum Gasteiger partial charge on any atom is 0.252 e. The largest absolute Gasteiger partial charge is 0.380 e. The Morgan fingerprint density at radius 2 is 2.16 bits per heavy atom. The van der Waals surface area contributed by atoms with Crippen LogP contribution in [-0.4, -0.2) is 34.7 Å². The molecule has 1 heterocycles. The van der Waals surface area contributed by atoms with Crippen molar-refractivity contribution in [1.82, 2.24) is 5.32 Å². The quantitative estimate of drug-likeness (QED) is 0.885. The van der Waals surface area contributed by atoms with Gasteiger partial charge in [0.15, 0.2) is 0 Å². The molecule has 1 aliphatic rings. The van der Waals surface area contributed by atoms with E-state index in [1.54, 1.807) is 17.8 Å². The average Bonchev–Trinajstić information content (AvgIpc) is 2.39. The minimum atomic E-state index is -1.22. The van der Waals surface area contributed by atoms with Crippen LogP contribution in [0.2, 0.25) is 0 Å². The molecule has 0 spiro atoms. The van der Waals surface area contributed by atoms with Gasteiger partial charge in [-0.2, -0.15) is 11.8 Å². The maximum absolute atomic E-state index is 13.0. The van der Waals surface area contributed by atoms with E-state index in [1.165, 1.54) is 12.1 Å². The summed E-state index contributed by atoms with van der Waals surface area (Å²) in [5, 5.41) is 12.9. The van der Waals surface area contributed by atoms with E-state index in [0.29, 0.717) is 25.8 Å². The lowest BCUT2D eigenvalue weighted by Crippen LogP contribution is -2.49. The lowest BCUT2D eigenvalue weighted by Gasteiger charge is -2.30. The molecule has 0 radical (unpaired) electrons. The van der Waals surface area contributed by atoms with Gasteiger partial charge in [-0.3, -0.25) is 4.79 Å². The molecule has 1 amide bonds. The topological polar surface area (TPSA) is 49.3 Å². The van der Waals surface area contributed by atoms with Crippen LogP contribution >= 0.6 is 11.8 Å². The highest BCUT2D eigenvalue weighted by atomic mass is 32.2. The van der Waals surface area contributed by atoms with Crippen molar-refractivity contribution in [3.8, 4) is 0 Å². The van der Waals surface area contributed by atoms with E-state index >= 15 is 0 Å². The fraction of sp³-hybridized carbons (Fsp3) is 0.500. The zero-order valence-electron chi connectivity index (χ0n) is 10.7. The average molecular weight is 283 g/mol. The summed E-state index contributed by atoms with van der Waals surface area (Å²) in [6.07, 6.45) is 1.57. The van der Waals surface area contributed by atoms with Crippen LogP contribution in [0.5, 0.6) is 0 Å². The predicted octanol–water partition coefficient (Wildman–Crippen LogP) is 1.74. The second-order valence-electron chi connectivity index (χ2n) is 4.78. The Labute approximate surface area is 116 Å². The van der Waals surface area contributed by atoms with Gasteiger partial charge in [-0.25, -0.2) is 4.39 Å². The zero-order valence-corrected chi connectivity index (χ0v) is 11.5. The third kappa shape index (κ3) is 3.94. The van der Waals surface area contributed by atoms with Crippen molar-refractivity contribution in [2.75, 3.05) is 18.1 Å². The molecule has 5 heteroatoms. The van der Waals surface area contributed by atoms with Crippen LogP contribution in [0.1, 0.15) is 18.4 Å². The Kier molecular flexibility index (Phi) is 4.82. The number of hydrogen-bond donors (Lipinski definition) is 2. The van der Waals surface area contributed by atoms with E-state index in [9.17, 15) is 14.3 Å². The number of hydrogen-bond acceptors (Lipinski definition) is 3. The third-order valence-electron chi connectivity index (χ3n) is 3.33. The van der Waals surface area contributed by atoms with Crippen LogP contribution in [0.4, 0.5) is 4.39 Å². The Morgan fingerprint density at radius 1 is 1.42 bits per heavy atom. The van der Waals surface area contributed by atoms with Gasteiger partial charge >= 0.3 is 0 Å². The van der Waals surface area contributed by atoms with Crippen LogP contribution in [0.15, 0.2) is 24.3 Å². The van der Waals surface area contributed by atoms with Gasteiger partial charge in [0.1, 0.15) is 11.4 Å². The summed E-state index contributed by atoms with van der Waals surface area (Å²) in [6, 6.07) is 6.32. The first-order valence-electron chi connectivity index (χ1n) is 6.43. The molecule has 0 bridgehead atoms. The Balaban J connectivity index is 1.80. The van der Waals surface area contributed by atoms with Crippen molar-refractivity contribution in [3.05, 3.63) is 35.6 Å². The summed E-state index contributed by atoms with van der Waals surface area (Å²) in [5.41, 5.74) is -0.376. The van der Waals surface area contributed by atoms with Gasteiger partial charge in [-0.05, 0) is 48.5 Å². The molecular formula is C14H18FNO2S. The van der Waals surface area contributed by atoms with Crippen LogP contribution in [-0.2, 0) is 11.2 Å². The Hall–Kier alpha value is -1.07. The number of rotatable bonds is 4. The van der Waals surface area contributed by atoms with Crippen LogP contribution in [0.25, 0.3) is 0 Å². The van der Waals surface area contributed by atoms with E-state index in [0.717, 1.165) is 17.1 Å². The normalized spacial score (nSPS) is 18.0. The Morgan fingerprint density at radius 3 is 2.84 bits per heavy atom. The molecule has 0 saturated carbocycles. The molecule has 3 nitrogen and oxygen atoms in total. The lowest BCUT2D eigenvalue weighted by atomic mass is 9.96. The molecule has 1 saturated heterocycles. The van der Waals surface area contributed by atoms with Crippen LogP contribution in [0, 0.1) is 5.82 Å². The highest BCUT2D eigenvalue weighted by Crippen LogP contribution is 2.26. The molecule has 2 rings (SSSR count). The number of carbonyl (C=O) groups excluding carboxylic acids is 1. The van der Waals surface area contributed by atoms with Crippen molar-refractivity contribution >= 4 is 17.7 Å². The molecule has 0 aliphatic carbocycles. The molecule has 0 aromatic heterocycles. The number of halogens is 1. The minimum Gasteiger partial charge on any atom is -0.380 e. The fourth-order valence-corrected chi connectivity index (χ4v) is 3.28. The summed E-state index contributed by atoms with van der Waals surface area (Å²) in [5.74, 6) is 1.05. The smallest absolute Gasteiger partial charge is 0.252 e. The van der Waals surface area contributed by atoms with E-state index in [4.69, 9.17) is 0 Å². The van der Waals surface area contributed by atoms with Gasteiger partial charge in [0.25, 0.3) is 5.91 Å². The van der Waals surface area contributed by atoms with Crippen molar-refractivity contribution < 1.29 is 14.3 Å². The highest BCUT2D eigenvalue weighted by molar-refractivity contribution is 7.99. The molecule has 1 aromatic rings. The molecule has 0 atom stereocenters. The minimum absolute atomic E-state index is 0.272. The van der Waals surface area contributed by atoms with Gasteiger partial charge < -0.3 is 10.4 Å². The fourth-order valence-electron chi connectivity index (χ4n) is 2.11. The van der Waals surface area contributed by atoms with Crippen molar-refractivity contribution in [2.24, 2.45) is 0 Å². The van der Waals surface area contributed by atoms with E-state index in [2.05, 4.69) is 5.32 Å². The van der Waals surface area contributed by atoms with Gasteiger partial charge in [0.2, 0.25) is 0 Å². The standard InChI is InChI=1S/C14H18FNO2S/c15-12-3-1-2-11(10-12)4-7-16-13(17)14(18)5-8-19-9-6-14/h1-3,10,18H,4-9H2,(H,16,17). The first-order valence-corrected chi connectivity index (χ1v) is 7.58. The zero-order chi connectivity index (χ0) is 13.7. The maximum atomic E-state index is 13.0. The number of carbonyl (C=O) groups is 1. The molecule has 1 fully saturated rings. The van der Waals surface area contributed by atoms with Gasteiger partial charge in [-0.1, -0.05) is 12.1 Å². The second-order valence-corrected chi connectivity index (χ2v) is 6.00. The molecule has 19 heavy (non-hydrogen) atoms. The van der Waals surface area contributed by atoms with Crippen LogP contribution in [0.3, 0.4) is 0 Å². The van der Waals surface area contributed by atoms with Crippen molar-refractivity contribution in [2.45, 2.75) is 24.9 Å². The number of thioether (sulfide) groups is 1. The summed E-state index contributed by atoms with van der Waals surface area (Å²) in [4.78, 5) is 11.9. The summed E-state index contributed by atoms with van der Waals surface area (Å²) in [6.45, 7) is 0.414. The monoisotopic (exact) mass is 283 g/mol. The SMILES string of the molecule is O=C(NCCc1cccc(F)c1)C1(O)CCSCC1. The van der Waals surface area contributed by atoms with Gasteiger partial charge in [0, 0.05) is 6.54 Å². The second kappa shape index (κ2) is 6.39.